The number of hydrogen-bond donors (Lipinski definition) is 1. The SMILES string of the molecule is Cc1ccc2nc(Cl)c(C(C)N[S@](=O)C(C)(C)C)cc2c1. The van der Waals surface area contributed by atoms with Gasteiger partial charge >= 0.3 is 0 Å². The van der Waals surface area contributed by atoms with Crippen molar-refractivity contribution < 1.29 is 4.21 Å². The first-order valence-electron chi connectivity index (χ1n) is 6.93. The molecule has 0 amide bonds. The maximum Gasteiger partial charge on any atom is 0.134 e. The fourth-order valence-electron chi connectivity index (χ4n) is 1.99. The third-order valence-corrected chi connectivity index (χ3v) is 5.24. The van der Waals surface area contributed by atoms with Gasteiger partial charge in [-0.25, -0.2) is 13.9 Å². The normalized spacial score (nSPS) is 15.1. The summed E-state index contributed by atoms with van der Waals surface area (Å²) in [6, 6.07) is 7.95. The second-order valence-corrected chi connectivity index (χ2v) is 8.64. The van der Waals surface area contributed by atoms with Crippen LogP contribution in [-0.2, 0) is 11.0 Å². The quantitative estimate of drug-likeness (QED) is 0.855. The lowest BCUT2D eigenvalue weighted by Crippen LogP contribution is -2.34. The summed E-state index contributed by atoms with van der Waals surface area (Å²) in [6.45, 7) is 9.81. The Labute approximate surface area is 133 Å². The number of nitrogens with one attached hydrogen (secondary N) is 1. The Kier molecular flexibility index (Phi) is 4.71. The van der Waals surface area contributed by atoms with Crippen LogP contribution in [0, 0.1) is 6.92 Å². The maximum absolute atomic E-state index is 12.2. The van der Waals surface area contributed by atoms with Crippen molar-refractivity contribution >= 4 is 33.5 Å². The van der Waals surface area contributed by atoms with Gasteiger partial charge in [0.05, 0.1) is 21.2 Å². The minimum absolute atomic E-state index is 0.130. The number of aryl methyl sites for hydroxylation is 1. The molecule has 0 aliphatic heterocycles. The maximum atomic E-state index is 12.2. The Morgan fingerprint density at radius 2 is 1.95 bits per heavy atom. The lowest BCUT2D eigenvalue weighted by Gasteiger charge is -2.22. The monoisotopic (exact) mass is 324 g/mol. The summed E-state index contributed by atoms with van der Waals surface area (Å²) in [4.78, 5) is 4.43. The van der Waals surface area contributed by atoms with E-state index in [0.717, 1.165) is 16.5 Å². The molecule has 3 nitrogen and oxygen atoms in total. The predicted octanol–water partition coefficient (Wildman–Crippen LogP) is 4.31. The van der Waals surface area contributed by atoms with E-state index in [2.05, 4.69) is 15.8 Å². The summed E-state index contributed by atoms with van der Waals surface area (Å²) in [7, 11) is -1.15. The van der Waals surface area contributed by atoms with E-state index in [4.69, 9.17) is 11.6 Å². The summed E-state index contributed by atoms with van der Waals surface area (Å²) in [5.41, 5.74) is 2.92. The minimum atomic E-state index is -1.15. The van der Waals surface area contributed by atoms with Crippen molar-refractivity contribution in [1.29, 1.82) is 0 Å². The third kappa shape index (κ3) is 3.82. The molecule has 21 heavy (non-hydrogen) atoms. The Hall–Kier alpha value is -0.970. The molecule has 2 atom stereocenters. The minimum Gasteiger partial charge on any atom is -0.242 e. The molecule has 0 fully saturated rings. The number of aromatic nitrogens is 1. The molecule has 0 saturated heterocycles. The molecule has 2 rings (SSSR count). The molecular formula is C16H21ClN2OS. The van der Waals surface area contributed by atoms with Gasteiger partial charge in [0, 0.05) is 17.0 Å². The Morgan fingerprint density at radius 3 is 2.57 bits per heavy atom. The summed E-state index contributed by atoms with van der Waals surface area (Å²) in [6.07, 6.45) is 0. The topological polar surface area (TPSA) is 42.0 Å². The molecule has 0 spiro atoms. The average Bonchev–Trinajstić information content (AvgIpc) is 2.37. The lowest BCUT2D eigenvalue weighted by molar-refractivity contribution is 0.616. The van der Waals surface area contributed by atoms with Crippen molar-refractivity contribution in [2.45, 2.75) is 45.4 Å². The van der Waals surface area contributed by atoms with Crippen LogP contribution in [0.25, 0.3) is 10.9 Å². The number of fused-ring (bicyclic) bond motifs is 1. The number of rotatable bonds is 3. The number of hydrogen-bond acceptors (Lipinski definition) is 2. The standard InChI is InChI=1S/C16H21ClN2OS/c1-10-6-7-14-12(8-10)9-13(15(17)18-14)11(2)19-21(20)16(3,4)5/h6-9,11,19H,1-5H3/t11?,21-/m1/s1. The van der Waals surface area contributed by atoms with Crippen LogP contribution in [0.4, 0.5) is 0 Å². The van der Waals surface area contributed by atoms with Crippen molar-refractivity contribution in [3.8, 4) is 0 Å². The largest absolute Gasteiger partial charge is 0.242 e. The molecule has 0 bridgehead atoms. The molecule has 0 aliphatic rings. The third-order valence-electron chi connectivity index (χ3n) is 3.26. The van der Waals surface area contributed by atoms with Gasteiger partial charge in [0.15, 0.2) is 0 Å². The Morgan fingerprint density at radius 1 is 1.29 bits per heavy atom. The molecule has 114 valence electrons. The molecule has 5 heteroatoms. The highest BCUT2D eigenvalue weighted by molar-refractivity contribution is 7.84. The molecule has 0 saturated carbocycles. The summed E-state index contributed by atoms with van der Waals surface area (Å²) in [5, 5.41) is 1.50. The van der Waals surface area contributed by atoms with Gasteiger partial charge in [-0.2, -0.15) is 0 Å². The number of benzene rings is 1. The fraction of sp³-hybridized carbons (Fsp3) is 0.438. The van der Waals surface area contributed by atoms with Crippen LogP contribution in [0.3, 0.4) is 0 Å². The van der Waals surface area contributed by atoms with E-state index in [1.165, 1.54) is 5.56 Å². The zero-order chi connectivity index (χ0) is 15.8. The van der Waals surface area contributed by atoms with Crippen LogP contribution in [0.5, 0.6) is 0 Å². The highest BCUT2D eigenvalue weighted by atomic mass is 35.5. The summed E-state index contributed by atoms with van der Waals surface area (Å²) in [5.74, 6) is 0. The van der Waals surface area contributed by atoms with Crippen LogP contribution in [-0.4, -0.2) is 13.9 Å². The first-order chi connectivity index (χ1) is 9.68. The zero-order valence-electron chi connectivity index (χ0n) is 13.0. The average molecular weight is 325 g/mol. The van der Waals surface area contributed by atoms with Gasteiger partial charge in [0.25, 0.3) is 0 Å². The van der Waals surface area contributed by atoms with E-state index in [0.29, 0.717) is 5.15 Å². The molecule has 0 aliphatic carbocycles. The Balaban J connectivity index is 2.37. The predicted molar refractivity (Wildman–Crippen MR) is 90.9 cm³/mol. The molecule has 2 aromatic rings. The van der Waals surface area contributed by atoms with Gasteiger partial charge in [-0.1, -0.05) is 23.2 Å². The van der Waals surface area contributed by atoms with E-state index in [1.807, 2.05) is 52.8 Å². The second-order valence-electron chi connectivity index (χ2n) is 6.29. The molecule has 1 unspecified atom stereocenters. The smallest absolute Gasteiger partial charge is 0.134 e. The molecule has 0 radical (unpaired) electrons. The van der Waals surface area contributed by atoms with Crippen molar-refractivity contribution in [3.63, 3.8) is 0 Å². The van der Waals surface area contributed by atoms with Gasteiger partial charge in [-0.15, -0.1) is 0 Å². The second kappa shape index (κ2) is 6.03. The first kappa shape index (κ1) is 16.4. The van der Waals surface area contributed by atoms with E-state index in [9.17, 15) is 4.21 Å². The van der Waals surface area contributed by atoms with Crippen LogP contribution >= 0.6 is 11.6 Å². The number of nitrogens with zero attached hydrogens (tertiary/aromatic N) is 1. The van der Waals surface area contributed by atoms with Crippen LogP contribution in [0.15, 0.2) is 24.3 Å². The molecule has 1 aromatic heterocycles. The highest BCUT2D eigenvalue weighted by Gasteiger charge is 2.23. The van der Waals surface area contributed by atoms with Crippen molar-refractivity contribution in [2.24, 2.45) is 0 Å². The van der Waals surface area contributed by atoms with Crippen LogP contribution in [0.2, 0.25) is 5.15 Å². The van der Waals surface area contributed by atoms with Crippen LogP contribution in [0.1, 0.15) is 44.9 Å². The zero-order valence-corrected chi connectivity index (χ0v) is 14.6. The van der Waals surface area contributed by atoms with Crippen LogP contribution < -0.4 is 4.72 Å². The lowest BCUT2D eigenvalue weighted by atomic mass is 10.1. The van der Waals surface area contributed by atoms with Gasteiger partial charge in [0.2, 0.25) is 0 Å². The summed E-state index contributed by atoms with van der Waals surface area (Å²) >= 11 is 6.29. The van der Waals surface area contributed by atoms with Crippen molar-refractivity contribution in [2.75, 3.05) is 0 Å². The van der Waals surface area contributed by atoms with E-state index < -0.39 is 11.0 Å². The molecule has 1 N–H and O–H groups in total. The van der Waals surface area contributed by atoms with E-state index in [1.54, 1.807) is 0 Å². The van der Waals surface area contributed by atoms with Gasteiger partial charge in [0.1, 0.15) is 5.15 Å². The van der Waals surface area contributed by atoms with Gasteiger partial charge < -0.3 is 0 Å². The molecule has 1 aromatic carbocycles. The highest BCUT2D eigenvalue weighted by Crippen LogP contribution is 2.27. The van der Waals surface area contributed by atoms with E-state index >= 15 is 0 Å². The molecule has 1 heterocycles. The first-order valence-corrected chi connectivity index (χ1v) is 8.46. The fourth-order valence-corrected chi connectivity index (χ4v) is 3.10. The van der Waals surface area contributed by atoms with Crippen molar-refractivity contribution in [3.05, 3.63) is 40.5 Å². The number of halogens is 1. The van der Waals surface area contributed by atoms with E-state index in [-0.39, 0.29) is 10.8 Å². The van der Waals surface area contributed by atoms with Gasteiger partial charge in [-0.05, 0) is 52.8 Å². The van der Waals surface area contributed by atoms with Crippen molar-refractivity contribution in [1.82, 2.24) is 9.71 Å². The molecular weight excluding hydrogens is 304 g/mol. The van der Waals surface area contributed by atoms with Gasteiger partial charge in [-0.3, -0.25) is 0 Å². The number of pyridine rings is 1. The summed E-state index contributed by atoms with van der Waals surface area (Å²) < 4.78 is 15.0. The Bertz CT molecular complexity index is 694.